The molecular formula is H11Na3O9P2. The van der Waals surface area contributed by atoms with Crippen LogP contribution in [0, 0.1) is 0 Å². The predicted molar refractivity (Wildman–Crippen MR) is 35.5 cm³/mol. The van der Waals surface area contributed by atoms with E-state index in [0.29, 0.717) is 0 Å². The van der Waals surface area contributed by atoms with Crippen LogP contribution in [0.15, 0.2) is 0 Å². The van der Waals surface area contributed by atoms with Gasteiger partial charge in [-0.2, -0.15) is 0 Å². The molecule has 9 nitrogen and oxygen atoms in total. The average Bonchev–Trinajstić information content (AvgIpc) is 1.12. The molecule has 14 heavy (non-hydrogen) atoms. The van der Waals surface area contributed by atoms with Gasteiger partial charge in [-0.05, 0) is 0 Å². The van der Waals surface area contributed by atoms with Crippen molar-refractivity contribution in [2.45, 2.75) is 0 Å². The Morgan fingerprint density at radius 1 is 0.643 bits per heavy atom. The fourth-order valence-electron chi connectivity index (χ4n) is 0. The summed E-state index contributed by atoms with van der Waals surface area (Å²) in [5.74, 6) is 0. The number of phosphoric acid groups is 2. The molecule has 0 spiro atoms. The first kappa shape index (κ1) is 36.0. The first-order valence-corrected chi connectivity index (χ1v) is 4.70. The second-order valence-electron chi connectivity index (χ2n) is 1.03. The van der Waals surface area contributed by atoms with Crippen LogP contribution in [0.5, 0.6) is 0 Å². The molecule has 0 unspecified atom stereocenters. The largest absolute Gasteiger partial charge is 1.00 e. The molecule has 0 aromatic heterocycles. The van der Waals surface area contributed by atoms with Gasteiger partial charge in [-0.3, -0.25) is 0 Å². The van der Waals surface area contributed by atoms with Crippen LogP contribution in [0.4, 0.5) is 0 Å². The normalized spacial score (nSPS) is 8.43. The van der Waals surface area contributed by atoms with E-state index >= 15 is 0 Å². The molecule has 0 aliphatic rings. The fourth-order valence-corrected chi connectivity index (χ4v) is 0. The van der Waals surface area contributed by atoms with Crippen molar-refractivity contribution in [3.05, 3.63) is 0 Å². The van der Waals surface area contributed by atoms with E-state index in [1.54, 1.807) is 0 Å². The van der Waals surface area contributed by atoms with Crippen LogP contribution in [0.1, 0.15) is 4.28 Å². The van der Waals surface area contributed by atoms with Crippen molar-refractivity contribution in [1.82, 2.24) is 0 Å². The maximum absolute atomic E-state index is 8.88. The monoisotopic (exact) mass is 286 g/mol. The van der Waals surface area contributed by atoms with Crippen LogP contribution in [0.3, 0.4) is 0 Å². The molecular weight excluding hydrogens is 275 g/mol. The standard InChI is InChI=1S/3Na.2H3O4P.H2O.3H/c;;;2*1-5(2,3)4;;;;/h;;;2*(H3,1,2,3,4);1H2;;;/q3*+1;;;;3*-1. The van der Waals surface area contributed by atoms with E-state index in [9.17, 15) is 0 Å². The zero-order valence-corrected chi connectivity index (χ0v) is 15.7. The van der Waals surface area contributed by atoms with Crippen LogP contribution in [0.25, 0.3) is 0 Å². The topological polar surface area (TPSA) is 187 Å². The number of rotatable bonds is 0. The molecule has 0 atom stereocenters. The minimum atomic E-state index is -4.64. The molecule has 14 heteroatoms. The Morgan fingerprint density at radius 3 is 0.643 bits per heavy atom. The molecule has 0 heterocycles. The molecule has 8 N–H and O–H groups in total. The van der Waals surface area contributed by atoms with E-state index in [2.05, 4.69) is 0 Å². The molecule has 0 amide bonds. The van der Waals surface area contributed by atoms with Crippen molar-refractivity contribution in [2.24, 2.45) is 0 Å². The van der Waals surface area contributed by atoms with E-state index < -0.39 is 15.6 Å². The summed E-state index contributed by atoms with van der Waals surface area (Å²) in [6.07, 6.45) is 0. The van der Waals surface area contributed by atoms with Gasteiger partial charge in [0.1, 0.15) is 0 Å². The van der Waals surface area contributed by atoms with Crippen LogP contribution < -0.4 is 88.7 Å². The van der Waals surface area contributed by atoms with Gasteiger partial charge < -0.3 is 39.1 Å². The van der Waals surface area contributed by atoms with Crippen LogP contribution in [-0.4, -0.2) is 34.8 Å². The van der Waals surface area contributed by atoms with Crippen molar-refractivity contribution in [3.63, 3.8) is 0 Å². The third kappa shape index (κ3) is 302. The van der Waals surface area contributed by atoms with E-state index in [-0.39, 0.29) is 98.4 Å². The summed E-state index contributed by atoms with van der Waals surface area (Å²) in [5.41, 5.74) is 0. The number of hydrogen-bond donors (Lipinski definition) is 6. The molecule has 0 aromatic carbocycles. The van der Waals surface area contributed by atoms with Gasteiger partial charge in [-0.15, -0.1) is 0 Å². The SMILES string of the molecule is O.O=P(O)(O)O.O=P(O)(O)O.[H-].[H-].[H-].[Na+].[Na+].[Na+]. The molecule has 0 saturated carbocycles. The van der Waals surface area contributed by atoms with E-state index in [1.165, 1.54) is 0 Å². The molecule has 0 rings (SSSR count). The Labute approximate surface area is 150 Å². The van der Waals surface area contributed by atoms with E-state index in [4.69, 9.17) is 38.5 Å². The summed E-state index contributed by atoms with van der Waals surface area (Å²) >= 11 is 0. The Morgan fingerprint density at radius 2 is 0.643 bits per heavy atom. The van der Waals surface area contributed by atoms with Gasteiger partial charge in [-0.25, -0.2) is 9.13 Å². The fraction of sp³-hybridized carbons (Fsp3) is 0. The second-order valence-corrected chi connectivity index (χ2v) is 3.08. The zero-order valence-electron chi connectivity index (χ0n) is 10.9. The molecule has 0 aromatic rings. The summed E-state index contributed by atoms with van der Waals surface area (Å²) in [7, 11) is -9.28. The molecule has 0 saturated heterocycles. The predicted octanol–water partition coefficient (Wildman–Crippen LogP) is -11.3. The maximum Gasteiger partial charge on any atom is 1.00 e. The summed E-state index contributed by atoms with van der Waals surface area (Å²) in [6, 6.07) is 0. The Bertz CT molecular complexity index is 142. The smallest absolute Gasteiger partial charge is 1.00 e. The molecule has 0 aliphatic carbocycles. The van der Waals surface area contributed by atoms with Gasteiger partial charge in [0.15, 0.2) is 0 Å². The van der Waals surface area contributed by atoms with Crippen molar-refractivity contribution < 1.29 is 137 Å². The second kappa shape index (κ2) is 16.2. The van der Waals surface area contributed by atoms with Gasteiger partial charge in [0.25, 0.3) is 0 Å². The third-order valence-electron chi connectivity index (χ3n) is 0. The summed E-state index contributed by atoms with van der Waals surface area (Å²) in [4.78, 5) is 43.1. The van der Waals surface area contributed by atoms with Crippen molar-refractivity contribution in [2.75, 3.05) is 0 Å². The minimum absolute atomic E-state index is 0. The molecule has 0 aliphatic heterocycles. The van der Waals surface area contributed by atoms with Crippen LogP contribution in [-0.2, 0) is 9.13 Å². The van der Waals surface area contributed by atoms with Gasteiger partial charge >= 0.3 is 104 Å². The van der Waals surface area contributed by atoms with E-state index in [1.807, 2.05) is 0 Å². The van der Waals surface area contributed by atoms with Crippen LogP contribution in [0.2, 0.25) is 0 Å². The quantitative estimate of drug-likeness (QED) is 0.187. The Hall–Kier alpha value is 3.18. The maximum atomic E-state index is 8.88. The summed E-state index contributed by atoms with van der Waals surface area (Å²) < 4.78 is 17.8. The third-order valence-corrected chi connectivity index (χ3v) is 0. The van der Waals surface area contributed by atoms with Crippen molar-refractivity contribution in [3.8, 4) is 0 Å². The average molecular weight is 286 g/mol. The Balaban J connectivity index is -0.00000000762. The molecule has 0 radical (unpaired) electrons. The summed E-state index contributed by atoms with van der Waals surface area (Å²) in [6.45, 7) is 0. The van der Waals surface area contributed by atoms with Gasteiger partial charge in [0.05, 0.1) is 0 Å². The zero-order chi connectivity index (χ0) is 9.00. The van der Waals surface area contributed by atoms with Gasteiger partial charge in [-0.1, -0.05) is 0 Å². The first-order valence-electron chi connectivity index (χ1n) is 1.57. The van der Waals surface area contributed by atoms with Gasteiger partial charge in [0, 0.05) is 0 Å². The van der Waals surface area contributed by atoms with Crippen molar-refractivity contribution in [1.29, 1.82) is 0 Å². The Kier molecular flexibility index (Phi) is 41.6. The van der Waals surface area contributed by atoms with E-state index in [0.717, 1.165) is 0 Å². The summed E-state index contributed by atoms with van der Waals surface area (Å²) in [5, 5.41) is 0. The van der Waals surface area contributed by atoms with Crippen molar-refractivity contribution >= 4 is 15.6 Å². The molecule has 0 bridgehead atoms. The van der Waals surface area contributed by atoms with Gasteiger partial charge in [0.2, 0.25) is 0 Å². The molecule has 0 fully saturated rings. The first-order chi connectivity index (χ1) is 4.00. The van der Waals surface area contributed by atoms with Crippen LogP contribution >= 0.6 is 15.6 Å². The molecule has 78 valence electrons. The number of hydrogen-bond acceptors (Lipinski definition) is 2. The minimum Gasteiger partial charge on any atom is -1.00 e.